The van der Waals surface area contributed by atoms with Crippen molar-refractivity contribution >= 4 is 13.6 Å². The van der Waals surface area contributed by atoms with Crippen LogP contribution >= 0.6 is 13.6 Å². The average Bonchev–Trinajstić information content (AvgIpc) is 1.55. The van der Waals surface area contributed by atoms with Gasteiger partial charge < -0.3 is 0 Å². The average molecular weight is 214 g/mol. The van der Waals surface area contributed by atoms with Crippen LogP contribution in [0.2, 0.25) is 5.02 Å². The summed E-state index contributed by atoms with van der Waals surface area (Å²) in [6.07, 6.45) is 4.59. The Morgan fingerprint density at radius 1 is 1.57 bits per heavy atom. The molecular formula is C5H9BrZn. The van der Waals surface area contributed by atoms with E-state index in [0.29, 0.717) is 0 Å². The zero-order valence-corrected chi connectivity index (χ0v) is 9.04. The van der Waals surface area contributed by atoms with Gasteiger partial charge in [-0.25, -0.2) is 0 Å². The van der Waals surface area contributed by atoms with E-state index in [4.69, 9.17) is 0 Å². The van der Waals surface area contributed by atoms with E-state index in [-0.39, 0.29) is 15.2 Å². The number of halogens is 1. The maximum atomic E-state index is 3.61. The summed E-state index contributed by atoms with van der Waals surface area (Å²) >= 11 is 3.49. The fraction of sp³-hybridized carbons (Fsp3) is 1.00. The quantitative estimate of drug-likeness (QED) is 0.620. The van der Waals surface area contributed by atoms with Gasteiger partial charge in [0.15, 0.2) is 0 Å². The SMILES string of the molecule is [Br][Zn][CH2]C1CCC1. The Labute approximate surface area is 59.0 Å². The van der Waals surface area contributed by atoms with Crippen molar-refractivity contribution in [2.75, 3.05) is 0 Å². The van der Waals surface area contributed by atoms with Gasteiger partial charge in [-0.2, -0.15) is 0 Å². The molecule has 0 N–H and O–H groups in total. The van der Waals surface area contributed by atoms with Crippen LogP contribution in [0.25, 0.3) is 0 Å². The molecule has 0 saturated heterocycles. The van der Waals surface area contributed by atoms with Crippen LogP contribution in [0.3, 0.4) is 0 Å². The van der Waals surface area contributed by atoms with E-state index >= 15 is 0 Å². The van der Waals surface area contributed by atoms with Crippen molar-refractivity contribution in [3.63, 3.8) is 0 Å². The molecule has 0 amide bonds. The molecule has 0 aromatic rings. The number of hydrogen-bond acceptors (Lipinski definition) is 0. The van der Waals surface area contributed by atoms with Gasteiger partial charge in [0.2, 0.25) is 0 Å². The van der Waals surface area contributed by atoms with Crippen LogP contribution in [-0.4, -0.2) is 0 Å². The summed E-state index contributed by atoms with van der Waals surface area (Å²) in [6.45, 7) is 0. The molecule has 0 nitrogen and oxygen atoms in total. The summed E-state index contributed by atoms with van der Waals surface area (Å²) in [5.74, 6) is 1.17. The van der Waals surface area contributed by atoms with Crippen molar-refractivity contribution in [2.24, 2.45) is 5.92 Å². The van der Waals surface area contributed by atoms with Gasteiger partial charge in [0.25, 0.3) is 0 Å². The van der Waals surface area contributed by atoms with Gasteiger partial charge >= 0.3 is 59.0 Å². The molecule has 0 heterocycles. The minimum absolute atomic E-state index is 0.126. The fourth-order valence-electron chi connectivity index (χ4n) is 0.936. The summed E-state index contributed by atoms with van der Waals surface area (Å²) in [6, 6.07) is 0. The Balaban J connectivity index is 1.93. The van der Waals surface area contributed by atoms with Crippen molar-refractivity contribution in [3.8, 4) is 0 Å². The van der Waals surface area contributed by atoms with E-state index in [1.54, 1.807) is 5.02 Å². The van der Waals surface area contributed by atoms with Crippen LogP contribution in [0, 0.1) is 5.92 Å². The number of rotatable bonds is 2. The summed E-state index contributed by atoms with van der Waals surface area (Å²) in [5.41, 5.74) is 0. The Bertz CT molecular complexity index is 52.0. The Hall–Kier alpha value is 1.10. The van der Waals surface area contributed by atoms with Crippen molar-refractivity contribution in [2.45, 2.75) is 24.3 Å². The van der Waals surface area contributed by atoms with E-state index < -0.39 is 0 Å². The summed E-state index contributed by atoms with van der Waals surface area (Å²) in [5, 5.41) is 1.59. The van der Waals surface area contributed by atoms with Crippen LogP contribution in [0.5, 0.6) is 0 Å². The third kappa shape index (κ3) is 1.81. The molecule has 7 heavy (non-hydrogen) atoms. The Morgan fingerprint density at radius 2 is 2.29 bits per heavy atom. The molecule has 0 spiro atoms. The predicted molar refractivity (Wildman–Crippen MR) is 31.1 cm³/mol. The number of hydrogen-bond donors (Lipinski definition) is 0. The van der Waals surface area contributed by atoms with Gasteiger partial charge in [-0.05, 0) is 0 Å². The summed E-state index contributed by atoms with van der Waals surface area (Å²) in [4.78, 5) is 0. The Kier molecular flexibility index (Phi) is 2.84. The first-order valence-corrected chi connectivity index (χ1v) is 12.0. The van der Waals surface area contributed by atoms with E-state index in [0.717, 1.165) is 0 Å². The molecule has 0 atom stereocenters. The summed E-state index contributed by atoms with van der Waals surface area (Å²) in [7, 11) is 0. The second kappa shape index (κ2) is 3.19. The Morgan fingerprint density at radius 3 is 2.43 bits per heavy atom. The first-order valence-electron chi connectivity index (χ1n) is 2.99. The molecule has 2 heteroatoms. The van der Waals surface area contributed by atoms with Gasteiger partial charge in [0.05, 0.1) is 0 Å². The molecule has 1 fully saturated rings. The monoisotopic (exact) mass is 212 g/mol. The van der Waals surface area contributed by atoms with Crippen LogP contribution < -0.4 is 0 Å². The van der Waals surface area contributed by atoms with Crippen LogP contribution in [0.4, 0.5) is 0 Å². The predicted octanol–water partition coefficient (Wildman–Crippen LogP) is 2.60. The molecule has 1 rings (SSSR count). The molecule has 1 aliphatic rings. The van der Waals surface area contributed by atoms with E-state index in [9.17, 15) is 0 Å². The minimum atomic E-state index is -0.126. The molecule has 0 radical (unpaired) electrons. The van der Waals surface area contributed by atoms with Crippen molar-refractivity contribution in [1.29, 1.82) is 0 Å². The topological polar surface area (TPSA) is 0 Å². The molecule has 1 aliphatic carbocycles. The molecule has 0 unspecified atom stereocenters. The van der Waals surface area contributed by atoms with E-state index in [1.165, 1.54) is 25.2 Å². The molecule has 1 saturated carbocycles. The van der Waals surface area contributed by atoms with Crippen LogP contribution in [0.15, 0.2) is 0 Å². The van der Waals surface area contributed by atoms with E-state index in [2.05, 4.69) is 13.6 Å². The molecule has 0 aromatic carbocycles. The van der Waals surface area contributed by atoms with Crippen molar-refractivity contribution in [3.05, 3.63) is 0 Å². The van der Waals surface area contributed by atoms with Gasteiger partial charge in [-0.1, -0.05) is 0 Å². The van der Waals surface area contributed by atoms with Crippen molar-refractivity contribution < 1.29 is 15.2 Å². The molecule has 0 bridgehead atoms. The first kappa shape index (κ1) is 6.23. The van der Waals surface area contributed by atoms with Crippen molar-refractivity contribution in [1.82, 2.24) is 0 Å². The van der Waals surface area contributed by atoms with Gasteiger partial charge in [0, 0.05) is 0 Å². The molecule has 0 aliphatic heterocycles. The van der Waals surface area contributed by atoms with Gasteiger partial charge in [0.1, 0.15) is 0 Å². The summed E-state index contributed by atoms with van der Waals surface area (Å²) < 4.78 is 0. The van der Waals surface area contributed by atoms with Gasteiger partial charge in [-0.3, -0.25) is 0 Å². The van der Waals surface area contributed by atoms with Gasteiger partial charge in [-0.15, -0.1) is 0 Å². The third-order valence-electron chi connectivity index (χ3n) is 1.74. The van der Waals surface area contributed by atoms with Crippen LogP contribution in [0.1, 0.15) is 19.3 Å². The molecule has 0 aromatic heterocycles. The molecule has 38 valence electrons. The maximum absolute atomic E-state index is 3.61. The zero-order valence-electron chi connectivity index (χ0n) is 4.49. The third-order valence-corrected chi connectivity index (χ3v) is 6.29. The fourth-order valence-corrected chi connectivity index (χ4v) is 6.16. The molecular weight excluding hydrogens is 205 g/mol. The first-order chi connectivity index (χ1) is 3.43. The second-order valence-corrected chi connectivity index (χ2v) is 8.40. The van der Waals surface area contributed by atoms with Crippen LogP contribution in [-0.2, 0) is 15.2 Å². The van der Waals surface area contributed by atoms with E-state index in [1.807, 2.05) is 0 Å². The zero-order chi connectivity index (χ0) is 5.11. The second-order valence-electron chi connectivity index (χ2n) is 2.27. The normalized spacial score (nSPS) is 20.7. The standard InChI is InChI=1S/C5H9.BrH.Zn/c1-5-3-2-4-5;;/h5H,1-4H2;1H;/q;;+1/p-1.